The number of benzene rings is 6. The molecular weight excluding hydrogens is 504 g/mol. The van der Waals surface area contributed by atoms with Gasteiger partial charge in [-0.15, -0.1) is 11.3 Å². The highest BCUT2D eigenvalue weighted by atomic mass is 32.1. The number of hydrogen-bond donors (Lipinski definition) is 0. The number of hydrogen-bond acceptors (Lipinski definition) is 2. The monoisotopic (exact) mass is 526 g/mol. The molecule has 0 spiro atoms. The van der Waals surface area contributed by atoms with Crippen LogP contribution in [0.1, 0.15) is 0 Å². The molecule has 3 heterocycles. The molecule has 6 aromatic carbocycles. The number of fused-ring (bicyclic) bond motifs is 8. The van der Waals surface area contributed by atoms with Crippen molar-refractivity contribution in [2.75, 3.05) is 0 Å². The molecule has 0 atom stereocenters. The normalized spacial score (nSPS) is 12.0. The summed E-state index contributed by atoms with van der Waals surface area (Å²) in [6.45, 7) is 0. The number of rotatable bonds is 2. The quantitative estimate of drug-likeness (QED) is 0.205. The Hall–Kier alpha value is -4.99. The Kier molecular flexibility index (Phi) is 4.52. The van der Waals surface area contributed by atoms with Crippen molar-refractivity contribution in [3.8, 4) is 22.3 Å². The van der Waals surface area contributed by atoms with Gasteiger partial charge >= 0.3 is 0 Å². The molecule has 0 saturated heterocycles. The summed E-state index contributed by atoms with van der Waals surface area (Å²) in [5, 5.41) is 8.84. The molecule has 40 heavy (non-hydrogen) atoms. The Balaban J connectivity index is 1.40. The summed E-state index contributed by atoms with van der Waals surface area (Å²) in [6, 6.07) is 46.3. The number of aromatic nitrogens is 2. The summed E-state index contributed by atoms with van der Waals surface area (Å²) >= 11 is 1.81. The van der Waals surface area contributed by atoms with Gasteiger partial charge in [0.1, 0.15) is 16.0 Å². The summed E-state index contributed by atoms with van der Waals surface area (Å²) in [5.41, 5.74) is 7.14. The largest absolute Gasteiger partial charge is 0.291 e. The topological polar surface area (TPSA) is 17.3 Å². The van der Waals surface area contributed by atoms with E-state index in [1.807, 2.05) is 11.3 Å². The molecule has 0 amide bonds. The maximum Gasteiger partial charge on any atom is 0.138 e. The van der Waals surface area contributed by atoms with Gasteiger partial charge in [0.15, 0.2) is 0 Å². The minimum atomic E-state index is 0.992. The van der Waals surface area contributed by atoms with Crippen molar-refractivity contribution in [2.24, 2.45) is 0 Å². The van der Waals surface area contributed by atoms with E-state index in [2.05, 4.69) is 138 Å². The number of imidazole rings is 1. The van der Waals surface area contributed by atoms with E-state index in [1.54, 1.807) is 0 Å². The van der Waals surface area contributed by atoms with Crippen LogP contribution in [0.15, 0.2) is 134 Å². The van der Waals surface area contributed by atoms with E-state index in [0.29, 0.717) is 0 Å². The molecular formula is C37H22N2S. The molecule has 9 rings (SSSR count). The van der Waals surface area contributed by atoms with Crippen LogP contribution >= 0.6 is 11.3 Å². The van der Waals surface area contributed by atoms with Crippen LogP contribution in [0.4, 0.5) is 0 Å². The van der Waals surface area contributed by atoms with Gasteiger partial charge < -0.3 is 0 Å². The van der Waals surface area contributed by atoms with E-state index in [9.17, 15) is 0 Å². The van der Waals surface area contributed by atoms with E-state index in [-0.39, 0.29) is 0 Å². The lowest BCUT2D eigenvalue weighted by molar-refractivity contribution is 1.24. The second kappa shape index (κ2) is 8.25. The van der Waals surface area contributed by atoms with Crippen molar-refractivity contribution >= 4 is 69.7 Å². The Morgan fingerprint density at radius 1 is 0.525 bits per heavy atom. The van der Waals surface area contributed by atoms with Gasteiger partial charge in [0.25, 0.3) is 0 Å². The van der Waals surface area contributed by atoms with Crippen molar-refractivity contribution in [1.82, 2.24) is 9.38 Å². The second-order valence-corrected chi connectivity index (χ2v) is 11.4. The van der Waals surface area contributed by atoms with Crippen LogP contribution in [-0.4, -0.2) is 9.38 Å². The van der Waals surface area contributed by atoms with E-state index in [1.165, 1.54) is 69.5 Å². The van der Waals surface area contributed by atoms with Crippen LogP contribution in [0.2, 0.25) is 0 Å². The molecule has 0 unspecified atom stereocenters. The highest BCUT2D eigenvalue weighted by molar-refractivity contribution is 7.25. The Labute approximate surface area is 234 Å². The minimum Gasteiger partial charge on any atom is -0.291 e. The third-order valence-corrected chi connectivity index (χ3v) is 9.37. The predicted octanol–water partition coefficient (Wildman–Crippen LogP) is 10.5. The van der Waals surface area contributed by atoms with Crippen LogP contribution in [-0.2, 0) is 0 Å². The Morgan fingerprint density at radius 3 is 1.95 bits per heavy atom. The van der Waals surface area contributed by atoms with E-state index in [0.717, 1.165) is 11.2 Å². The molecule has 0 aliphatic heterocycles. The zero-order chi connectivity index (χ0) is 26.2. The molecule has 0 fully saturated rings. The molecule has 0 saturated carbocycles. The van der Waals surface area contributed by atoms with Gasteiger partial charge in [0.2, 0.25) is 0 Å². The fourth-order valence-corrected chi connectivity index (χ4v) is 7.60. The van der Waals surface area contributed by atoms with Gasteiger partial charge in [-0.25, -0.2) is 4.98 Å². The zero-order valence-corrected chi connectivity index (χ0v) is 22.3. The van der Waals surface area contributed by atoms with Gasteiger partial charge in [-0.1, -0.05) is 103 Å². The lowest BCUT2D eigenvalue weighted by Crippen LogP contribution is -1.91. The predicted molar refractivity (Wildman–Crippen MR) is 171 cm³/mol. The molecule has 186 valence electrons. The third-order valence-electron chi connectivity index (χ3n) is 8.21. The van der Waals surface area contributed by atoms with Crippen molar-refractivity contribution in [3.05, 3.63) is 134 Å². The Morgan fingerprint density at radius 2 is 1.18 bits per heavy atom. The first-order chi connectivity index (χ1) is 19.8. The maximum atomic E-state index is 5.02. The molecule has 0 aliphatic carbocycles. The molecule has 0 N–H and O–H groups in total. The molecule has 3 aromatic heterocycles. The maximum absolute atomic E-state index is 5.02. The molecule has 0 radical (unpaired) electrons. The van der Waals surface area contributed by atoms with Crippen molar-refractivity contribution < 1.29 is 0 Å². The zero-order valence-electron chi connectivity index (χ0n) is 21.5. The number of nitrogens with zero attached hydrogens (tertiary/aromatic N) is 2. The smallest absolute Gasteiger partial charge is 0.138 e. The van der Waals surface area contributed by atoms with Gasteiger partial charge in [-0.05, 0) is 78.8 Å². The second-order valence-electron chi connectivity index (χ2n) is 10.4. The molecule has 0 bridgehead atoms. The fourth-order valence-electron chi connectivity index (χ4n) is 6.48. The summed E-state index contributed by atoms with van der Waals surface area (Å²) < 4.78 is 3.46. The van der Waals surface area contributed by atoms with Gasteiger partial charge in [-0.3, -0.25) is 4.40 Å². The lowest BCUT2D eigenvalue weighted by Gasteiger charge is -2.18. The van der Waals surface area contributed by atoms with Gasteiger partial charge in [0, 0.05) is 16.3 Å². The van der Waals surface area contributed by atoms with Crippen LogP contribution < -0.4 is 0 Å². The first-order valence-corrected chi connectivity index (χ1v) is 14.4. The average Bonchev–Trinajstić information content (AvgIpc) is 3.55. The molecule has 3 heteroatoms. The van der Waals surface area contributed by atoms with Crippen LogP contribution in [0.5, 0.6) is 0 Å². The summed E-state index contributed by atoms with van der Waals surface area (Å²) in [5.74, 6) is 0. The lowest BCUT2D eigenvalue weighted by atomic mass is 9.84. The van der Waals surface area contributed by atoms with Crippen LogP contribution in [0.3, 0.4) is 0 Å². The summed E-state index contributed by atoms with van der Waals surface area (Å²) in [4.78, 5) is 6.22. The van der Waals surface area contributed by atoms with Crippen LogP contribution in [0.25, 0.3) is 80.7 Å². The van der Waals surface area contributed by atoms with E-state index >= 15 is 0 Å². The Bertz CT molecular complexity index is 2380. The summed E-state index contributed by atoms with van der Waals surface area (Å²) in [6.07, 6.45) is 2.11. The molecule has 0 aliphatic rings. The number of thiophene rings is 1. The molecule has 2 nitrogen and oxygen atoms in total. The first kappa shape index (κ1) is 21.9. The highest BCUT2D eigenvalue weighted by Gasteiger charge is 2.19. The van der Waals surface area contributed by atoms with Crippen molar-refractivity contribution in [2.45, 2.75) is 0 Å². The summed E-state index contributed by atoms with van der Waals surface area (Å²) in [7, 11) is 0. The first-order valence-electron chi connectivity index (χ1n) is 13.6. The van der Waals surface area contributed by atoms with Crippen molar-refractivity contribution in [3.63, 3.8) is 0 Å². The number of pyridine rings is 1. The third kappa shape index (κ3) is 3.01. The van der Waals surface area contributed by atoms with E-state index < -0.39 is 0 Å². The average molecular weight is 527 g/mol. The van der Waals surface area contributed by atoms with Crippen LogP contribution in [0, 0.1) is 0 Å². The SMILES string of the molecule is c1ccc2c(-c3c4ccccc4c(-c4ccc5sc6c(nc7ccccn76)c5c4)c4ccccc34)cccc2c1. The highest BCUT2D eigenvalue weighted by Crippen LogP contribution is 2.46. The van der Waals surface area contributed by atoms with Crippen molar-refractivity contribution in [1.29, 1.82) is 0 Å². The van der Waals surface area contributed by atoms with Gasteiger partial charge in [-0.2, -0.15) is 0 Å². The fraction of sp³-hybridized carbons (Fsp3) is 0. The standard InChI is InChI=1S/C37H22N2S/c1-2-12-25-23(10-1)11-9-17-26(25)35-29-15-5-3-13-27(29)34(28-14-4-6-16-30(28)35)24-19-20-32-31(22-24)36-37(40-32)39-21-8-7-18-33(39)38-36/h1-22H. The van der Waals surface area contributed by atoms with E-state index in [4.69, 9.17) is 4.98 Å². The molecule has 9 aromatic rings. The minimum absolute atomic E-state index is 0.992. The van der Waals surface area contributed by atoms with Gasteiger partial charge in [0.05, 0.1) is 0 Å².